The number of hydrogen-bond acceptors (Lipinski definition) is 3. The van der Waals surface area contributed by atoms with E-state index in [9.17, 15) is 14.4 Å². The monoisotopic (exact) mass is 394 g/mol. The van der Waals surface area contributed by atoms with Crippen LogP contribution in [-0.2, 0) is 11.2 Å². The molecule has 152 valence electrons. The van der Waals surface area contributed by atoms with E-state index in [1.54, 1.807) is 24.3 Å². The van der Waals surface area contributed by atoms with Gasteiger partial charge in [0.15, 0.2) is 0 Å². The lowest BCUT2D eigenvalue weighted by Crippen LogP contribution is -3.11. The molecule has 1 aliphatic heterocycles. The van der Waals surface area contributed by atoms with Crippen molar-refractivity contribution in [2.24, 2.45) is 0 Å². The number of nitrogens with one attached hydrogen (secondary N) is 2. The van der Waals surface area contributed by atoms with Crippen molar-refractivity contribution in [1.29, 1.82) is 0 Å². The van der Waals surface area contributed by atoms with E-state index in [1.807, 2.05) is 18.2 Å². The van der Waals surface area contributed by atoms with Crippen molar-refractivity contribution in [3.63, 3.8) is 0 Å². The Balaban J connectivity index is 1.44. The summed E-state index contributed by atoms with van der Waals surface area (Å²) in [4.78, 5) is 39.5. The average molecular weight is 394 g/mol. The second kappa shape index (κ2) is 9.47. The number of carbonyl (C=O) groups is 3. The molecule has 2 aromatic rings. The number of benzene rings is 2. The van der Waals surface area contributed by atoms with Crippen LogP contribution in [-0.4, -0.2) is 55.8 Å². The number of quaternary nitrogens is 1. The van der Waals surface area contributed by atoms with Crippen LogP contribution in [0.25, 0.3) is 0 Å². The smallest absolute Gasteiger partial charge is 0.261 e. The lowest BCUT2D eigenvalue weighted by molar-refractivity contribution is -0.884. The van der Waals surface area contributed by atoms with Crippen LogP contribution in [0.4, 0.5) is 0 Å². The van der Waals surface area contributed by atoms with Crippen molar-refractivity contribution in [2.45, 2.75) is 25.3 Å². The number of amides is 3. The first-order chi connectivity index (χ1) is 14.0. The summed E-state index contributed by atoms with van der Waals surface area (Å²) in [6.45, 7) is 0.842. The highest BCUT2D eigenvalue weighted by molar-refractivity contribution is 6.21. The maximum absolute atomic E-state index is 12.3. The van der Waals surface area contributed by atoms with Crippen LogP contribution in [0.15, 0.2) is 54.6 Å². The zero-order valence-corrected chi connectivity index (χ0v) is 17.0. The molecule has 0 unspecified atom stereocenters. The summed E-state index contributed by atoms with van der Waals surface area (Å²) < 4.78 is 0. The number of carbonyl (C=O) groups excluding carboxylic acids is 3. The summed E-state index contributed by atoms with van der Waals surface area (Å²) in [5.41, 5.74) is 2.14. The fourth-order valence-corrected chi connectivity index (χ4v) is 3.54. The molecule has 0 aliphatic carbocycles. The van der Waals surface area contributed by atoms with Gasteiger partial charge in [0.2, 0.25) is 5.91 Å². The third-order valence-corrected chi connectivity index (χ3v) is 5.35. The number of fused-ring (bicyclic) bond motifs is 1. The third-order valence-electron chi connectivity index (χ3n) is 5.35. The number of likely N-dealkylation sites (N-methyl/N-ethyl adjacent to an activating group) is 1. The molecule has 6 nitrogen and oxygen atoms in total. The summed E-state index contributed by atoms with van der Waals surface area (Å²) >= 11 is 0. The van der Waals surface area contributed by atoms with Gasteiger partial charge in [0, 0.05) is 19.4 Å². The molecular formula is C23H28N3O3+. The minimum Gasteiger partial charge on any atom is -0.350 e. The molecular weight excluding hydrogens is 366 g/mol. The van der Waals surface area contributed by atoms with Crippen molar-refractivity contribution in [1.82, 2.24) is 10.2 Å². The zero-order valence-electron chi connectivity index (χ0n) is 17.0. The molecule has 0 aromatic heterocycles. The van der Waals surface area contributed by atoms with Crippen molar-refractivity contribution in [3.05, 3.63) is 71.3 Å². The lowest BCUT2D eigenvalue weighted by atomic mass is 10.1. The Morgan fingerprint density at radius 3 is 2.14 bits per heavy atom. The van der Waals surface area contributed by atoms with Gasteiger partial charge in [-0.3, -0.25) is 19.3 Å². The standard InChI is InChI=1S/C23H27N3O3/c1-25(2)18(15-17-9-4-3-5-10-17)16-24-21(27)13-8-14-26-22(28)19-11-6-7-12-20(19)23(26)29/h3-7,9-12,18H,8,13-16H2,1-2H3,(H,24,27)/p+1/t18-/m0/s1. The van der Waals surface area contributed by atoms with Gasteiger partial charge >= 0.3 is 0 Å². The molecule has 1 atom stereocenters. The molecule has 3 amide bonds. The van der Waals surface area contributed by atoms with Crippen molar-refractivity contribution < 1.29 is 19.3 Å². The van der Waals surface area contributed by atoms with E-state index in [0.29, 0.717) is 24.1 Å². The van der Waals surface area contributed by atoms with Gasteiger partial charge in [-0.2, -0.15) is 0 Å². The van der Waals surface area contributed by atoms with E-state index < -0.39 is 0 Å². The molecule has 1 heterocycles. The zero-order chi connectivity index (χ0) is 20.8. The molecule has 0 saturated heterocycles. The molecule has 6 heteroatoms. The van der Waals surface area contributed by atoms with Gasteiger partial charge in [-0.25, -0.2) is 0 Å². The quantitative estimate of drug-likeness (QED) is 0.622. The molecule has 2 N–H and O–H groups in total. The summed E-state index contributed by atoms with van der Waals surface area (Å²) in [7, 11) is 4.17. The maximum atomic E-state index is 12.3. The Kier molecular flexibility index (Phi) is 6.77. The van der Waals surface area contributed by atoms with Gasteiger partial charge in [-0.1, -0.05) is 42.5 Å². The molecule has 0 radical (unpaired) electrons. The van der Waals surface area contributed by atoms with Gasteiger partial charge in [0.1, 0.15) is 6.04 Å². The van der Waals surface area contributed by atoms with Crippen LogP contribution >= 0.6 is 0 Å². The lowest BCUT2D eigenvalue weighted by Gasteiger charge is -2.22. The molecule has 0 spiro atoms. The van der Waals surface area contributed by atoms with Crippen molar-refractivity contribution in [2.75, 3.05) is 27.2 Å². The summed E-state index contributed by atoms with van der Waals surface area (Å²) in [6.07, 6.45) is 1.63. The first kappa shape index (κ1) is 20.7. The number of hydrogen-bond donors (Lipinski definition) is 2. The Labute approximate surface area is 171 Å². The van der Waals surface area contributed by atoms with Crippen molar-refractivity contribution >= 4 is 17.7 Å². The molecule has 0 fully saturated rings. The molecule has 0 saturated carbocycles. The van der Waals surface area contributed by atoms with E-state index in [-0.39, 0.29) is 36.7 Å². The molecule has 0 bridgehead atoms. The summed E-state index contributed by atoms with van der Waals surface area (Å²) in [6, 6.07) is 17.3. The second-order valence-corrected chi connectivity index (χ2v) is 7.68. The Bertz CT molecular complexity index is 845. The maximum Gasteiger partial charge on any atom is 0.261 e. The largest absolute Gasteiger partial charge is 0.350 e. The highest BCUT2D eigenvalue weighted by Gasteiger charge is 2.34. The normalized spacial score (nSPS) is 14.2. The third kappa shape index (κ3) is 5.09. The number of imide groups is 1. The van der Waals surface area contributed by atoms with E-state index in [1.165, 1.54) is 15.4 Å². The minimum atomic E-state index is -0.273. The molecule has 29 heavy (non-hydrogen) atoms. The first-order valence-electron chi connectivity index (χ1n) is 10.0. The van der Waals surface area contributed by atoms with Crippen LogP contribution in [0, 0.1) is 0 Å². The number of rotatable bonds is 9. The van der Waals surface area contributed by atoms with Gasteiger partial charge < -0.3 is 10.2 Å². The second-order valence-electron chi connectivity index (χ2n) is 7.68. The fourth-order valence-electron chi connectivity index (χ4n) is 3.54. The molecule has 2 aromatic carbocycles. The Morgan fingerprint density at radius 1 is 0.966 bits per heavy atom. The van der Waals surface area contributed by atoms with Crippen LogP contribution in [0.5, 0.6) is 0 Å². The van der Waals surface area contributed by atoms with E-state index in [4.69, 9.17) is 0 Å². The van der Waals surface area contributed by atoms with Crippen LogP contribution in [0.3, 0.4) is 0 Å². The average Bonchev–Trinajstić information content (AvgIpc) is 2.97. The first-order valence-corrected chi connectivity index (χ1v) is 10.0. The fraction of sp³-hybridized carbons (Fsp3) is 0.348. The van der Waals surface area contributed by atoms with E-state index in [2.05, 4.69) is 31.5 Å². The topological polar surface area (TPSA) is 70.9 Å². The van der Waals surface area contributed by atoms with Crippen LogP contribution in [0.2, 0.25) is 0 Å². The Morgan fingerprint density at radius 2 is 1.55 bits per heavy atom. The molecule has 3 rings (SSSR count). The number of nitrogens with zero attached hydrogens (tertiary/aromatic N) is 1. The van der Waals surface area contributed by atoms with Crippen LogP contribution < -0.4 is 10.2 Å². The van der Waals surface area contributed by atoms with Gasteiger partial charge in [-0.05, 0) is 24.1 Å². The van der Waals surface area contributed by atoms with Crippen LogP contribution in [0.1, 0.15) is 39.1 Å². The Hall–Kier alpha value is -2.99. The van der Waals surface area contributed by atoms with E-state index >= 15 is 0 Å². The highest BCUT2D eigenvalue weighted by atomic mass is 16.2. The van der Waals surface area contributed by atoms with E-state index in [0.717, 1.165) is 6.42 Å². The SMILES string of the molecule is C[NH+](C)[C@H](CNC(=O)CCCN1C(=O)c2ccccc2C1=O)Cc1ccccc1. The molecule has 1 aliphatic rings. The van der Waals surface area contributed by atoms with Gasteiger partial charge in [-0.15, -0.1) is 0 Å². The van der Waals surface area contributed by atoms with Gasteiger partial charge in [0.05, 0.1) is 31.8 Å². The van der Waals surface area contributed by atoms with Gasteiger partial charge in [0.25, 0.3) is 11.8 Å². The predicted octanol–water partition coefficient (Wildman–Crippen LogP) is 0.935. The minimum absolute atomic E-state index is 0.0547. The summed E-state index contributed by atoms with van der Waals surface area (Å²) in [5.74, 6) is -0.601. The predicted molar refractivity (Wildman–Crippen MR) is 111 cm³/mol. The highest BCUT2D eigenvalue weighted by Crippen LogP contribution is 2.22. The van der Waals surface area contributed by atoms with Crippen molar-refractivity contribution in [3.8, 4) is 0 Å². The summed E-state index contributed by atoms with van der Waals surface area (Å²) in [5, 5.41) is 3.00.